The zero-order valence-corrected chi connectivity index (χ0v) is 13.6. The molecule has 2 aromatic rings. The maximum atomic E-state index is 11.7. The fourth-order valence-corrected chi connectivity index (χ4v) is 4.41. The molecule has 102 valence electrons. The van der Waals surface area contributed by atoms with Crippen LogP contribution in [0.3, 0.4) is 0 Å². The SMILES string of the molecule is CCOC(=O)/C=C(\[Te]c1ccccc1)c1ccccc1. The number of ether oxygens (including phenoxy) is 1. The van der Waals surface area contributed by atoms with Gasteiger partial charge in [0, 0.05) is 0 Å². The van der Waals surface area contributed by atoms with Crippen molar-refractivity contribution in [3.05, 3.63) is 72.3 Å². The molecule has 0 heterocycles. The zero-order chi connectivity index (χ0) is 14.2. The molecule has 0 saturated carbocycles. The van der Waals surface area contributed by atoms with E-state index in [2.05, 4.69) is 12.1 Å². The molecule has 0 aromatic heterocycles. The van der Waals surface area contributed by atoms with Crippen LogP contribution in [0.1, 0.15) is 12.5 Å². The molecule has 0 aliphatic carbocycles. The molecule has 0 spiro atoms. The summed E-state index contributed by atoms with van der Waals surface area (Å²) in [4.78, 5) is 11.7. The second-order valence-electron chi connectivity index (χ2n) is 4.04. The first-order valence-corrected chi connectivity index (χ1v) is 8.79. The van der Waals surface area contributed by atoms with Crippen LogP contribution in [0.25, 0.3) is 3.62 Å². The Balaban J connectivity index is 2.27. The molecule has 2 aromatic carbocycles. The molecule has 0 amide bonds. The number of benzene rings is 2. The van der Waals surface area contributed by atoms with Crippen molar-refractivity contribution in [1.29, 1.82) is 0 Å². The van der Waals surface area contributed by atoms with Crippen molar-refractivity contribution in [3.8, 4) is 0 Å². The number of hydrogen-bond donors (Lipinski definition) is 0. The molecule has 0 bridgehead atoms. The van der Waals surface area contributed by atoms with Gasteiger partial charge in [0.1, 0.15) is 0 Å². The zero-order valence-electron chi connectivity index (χ0n) is 11.3. The van der Waals surface area contributed by atoms with Crippen LogP contribution in [0.5, 0.6) is 0 Å². The monoisotopic (exact) mass is 382 g/mol. The topological polar surface area (TPSA) is 26.3 Å². The second-order valence-corrected chi connectivity index (χ2v) is 7.23. The minimum atomic E-state index is -0.605. The number of esters is 1. The van der Waals surface area contributed by atoms with Crippen molar-refractivity contribution in [2.24, 2.45) is 0 Å². The molecule has 2 rings (SSSR count). The van der Waals surface area contributed by atoms with Crippen molar-refractivity contribution in [2.75, 3.05) is 6.61 Å². The number of hydrogen-bond acceptors (Lipinski definition) is 2. The van der Waals surface area contributed by atoms with E-state index in [0.717, 1.165) is 9.18 Å². The summed E-state index contributed by atoms with van der Waals surface area (Å²) in [5, 5.41) is 0. The summed E-state index contributed by atoms with van der Waals surface area (Å²) in [7, 11) is 0. The van der Waals surface area contributed by atoms with E-state index in [1.165, 1.54) is 3.61 Å². The van der Waals surface area contributed by atoms with Gasteiger partial charge in [-0.15, -0.1) is 0 Å². The molecular formula is C17H16O2Te. The summed E-state index contributed by atoms with van der Waals surface area (Å²) < 4.78 is 7.44. The van der Waals surface area contributed by atoms with Gasteiger partial charge in [0.2, 0.25) is 0 Å². The third-order valence-corrected chi connectivity index (χ3v) is 5.65. The van der Waals surface area contributed by atoms with Crippen LogP contribution in [0.15, 0.2) is 66.7 Å². The van der Waals surface area contributed by atoms with Gasteiger partial charge < -0.3 is 0 Å². The standard InChI is InChI=1S/C17H16O2Te/c1-2-19-17(18)13-16(14-9-5-3-6-10-14)20-15-11-7-4-8-12-15/h3-13H,2H2,1H3/b16-13-. The van der Waals surface area contributed by atoms with Crippen molar-refractivity contribution in [3.63, 3.8) is 0 Å². The second kappa shape index (κ2) is 7.89. The average molecular weight is 380 g/mol. The van der Waals surface area contributed by atoms with Gasteiger partial charge in [-0.25, -0.2) is 0 Å². The fourth-order valence-electron chi connectivity index (χ4n) is 1.68. The first-order valence-electron chi connectivity index (χ1n) is 6.46. The van der Waals surface area contributed by atoms with Gasteiger partial charge in [0.05, 0.1) is 0 Å². The minimum absolute atomic E-state index is 0.257. The van der Waals surface area contributed by atoms with Crippen LogP contribution in [0.2, 0.25) is 0 Å². The average Bonchev–Trinajstić information content (AvgIpc) is 2.49. The third-order valence-electron chi connectivity index (χ3n) is 2.56. The molecule has 0 saturated heterocycles. The number of rotatable bonds is 5. The van der Waals surface area contributed by atoms with E-state index in [1.807, 2.05) is 55.5 Å². The first-order chi connectivity index (χ1) is 9.79. The van der Waals surface area contributed by atoms with E-state index in [-0.39, 0.29) is 5.97 Å². The molecule has 0 atom stereocenters. The van der Waals surface area contributed by atoms with Crippen molar-refractivity contribution in [2.45, 2.75) is 6.92 Å². The summed E-state index contributed by atoms with van der Waals surface area (Å²) in [6.45, 7) is 2.23. The van der Waals surface area contributed by atoms with Crippen molar-refractivity contribution in [1.82, 2.24) is 0 Å². The van der Waals surface area contributed by atoms with Gasteiger partial charge in [-0.05, 0) is 0 Å². The number of carbonyl (C=O) groups is 1. The molecule has 2 nitrogen and oxygen atoms in total. The van der Waals surface area contributed by atoms with Crippen LogP contribution < -0.4 is 3.61 Å². The predicted molar refractivity (Wildman–Crippen MR) is 82.9 cm³/mol. The van der Waals surface area contributed by atoms with Gasteiger partial charge in [0.25, 0.3) is 0 Å². The van der Waals surface area contributed by atoms with Gasteiger partial charge in [-0.2, -0.15) is 0 Å². The molecule has 0 unspecified atom stereocenters. The Hall–Kier alpha value is -1.56. The summed E-state index contributed by atoms with van der Waals surface area (Å²) in [6, 6.07) is 20.4. The quantitative estimate of drug-likeness (QED) is 0.453. The van der Waals surface area contributed by atoms with Crippen LogP contribution in [-0.4, -0.2) is 33.5 Å². The normalized spacial score (nSPS) is 11.2. The fraction of sp³-hybridized carbons (Fsp3) is 0.118. The van der Waals surface area contributed by atoms with Crippen molar-refractivity contribution < 1.29 is 9.53 Å². The Labute approximate surface area is 129 Å². The molecule has 0 aliphatic heterocycles. The van der Waals surface area contributed by atoms with Gasteiger partial charge in [-0.1, -0.05) is 0 Å². The van der Waals surface area contributed by atoms with Crippen LogP contribution in [0.4, 0.5) is 0 Å². The van der Waals surface area contributed by atoms with Crippen LogP contribution in [0, 0.1) is 0 Å². The molecule has 3 heteroatoms. The van der Waals surface area contributed by atoms with Crippen LogP contribution >= 0.6 is 0 Å². The Morgan fingerprint density at radius 1 is 1.05 bits per heavy atom. The third kappa shape index (κ3) is 4.52. The van der Waals surface area contributed by atoms with E-state index >= 15 is 0 Å². The van der Waals surface area contributed by atoms with Crippen LogP contribution in [-0.2, 0) is 9.53 Å². The summed E-state index contributed by atoms with van der Waals surface area (Å²) >= 11 is -0.605. The Morgan fingerprint density at radius 2 is 1.65 bits per heavy atom. The Kier molecular flexibility index (Phi) is 5.86. The first kappa shape index (κ1) is 14.8. The molecule has 0 fully saturated rings. The van der Waals surface area contributed by atoms with Gasteiger partial charge >= 0.3 is 129 Å². The molecule has 0 aliphatic rings. The molecular weight excluding hydrogens is 364 g/mol. The molecule has 0 radical (unpaired) electrons. The number of carbonyl (C=O) groups excluding carboxylic acids is 1. The Bertz CT molecular complexity index is 576. The summed E-state index contributed by atoms with van der Waals surface area (Å²) in [5.74, 6) is -0.257. The maximum absolute atomic E-state index is 11.7. The van der Waals surface area contributed by atoms with Gasteiger partial charge in [-0.3, -0.25) is 0 Å². The van der Waals surface area contributed by atoms with E-state index < -0.39 is 20.9 Å². The molecule has 20 heavy (non-hydrogen) atoms. The van der Waals surface area contributed by atoms with Crippen molar-refractivity contribution >= 4 is 34.1 Å². The van der Waals surface area contributed by atoms with E-state index in [1.54, 1.807) is 6.08 Å². The predicted octanol–water partition coefficient (Wildman–Crippen LogP) is 2.62. The van der Waals surface area contributed by atoms with E-state index in [4.69, 9.17) is 4.74 Å². The summed E-state index contributed by atoms with van der Waals surface area (Å²) in [6.07, 6.45) is 1.65. The Morgan fingerprint density at radius 3 is 2.25 bits per heavy atom. The van der Waals surface area contributed by atoms with Gasteiger partial charge in [0.15, 0.2) is 0 Å². The summed E-state index contributed by atoms with van der Waals surface area (Å²) in [5.41, 5.74) is 1.10. The van der Waals surface area contributed by atoms with E-state index in [9.17, 15) is 4.79 Å². The molecule has 0 N–H and O–H groups in total. The van der Waals surface area contributed by atoms with E-state index in [0.29, 0.717) is 6.61 Å².